The Morgan fingerprint density at radius 1 is 1.12 bits per heavy atom. The van der Waals surface area contributed by atoms with Crippen molar-refractivity contribution in [3.8, 4) is 11.5 Å². The third-order valence-corrected chi connectivity index (χ3v) is 7.77. The number of aryl methyl sites for hydroxylation is 1. The first kappa shape index (κ1) is 22.4. The third kappa shape index (κ3) is 5.14. The van der Waals surface area contributed by atoms with Crippen LogP contribution in [0.5, 0.6) is 11.5 Å². The second-order valence-electron chi connectivity index (χ2n) is 8.10. The van der Waals surface area contributed by atoms with Gasteiger partial charge >= 0.3 is 0 Å². The normalized spacial score (nSPS) is 18.7. The minimum atomic E-state index is -3.55. The van der Waals surface area contributed by atoms with Crippen LogP contribution in [0.2, 0.25) is 0 Å². The molecule has 2 aromatic rings. The Labute approximate surface area is 189 Å². The van der Waals surface area contributed by atoms with Crippen LogP contribution in [0, 0.1) is 6.92 Å². The van der Waals surface area contributed by atoms with Gasteiger partial charge in [-0.2, -0.15) is 4.31 Å². The van der Waals surface area contributed by atoms with E-state index in [-0.39, 0.29) is 18.7 Å². The van der Waals surface area contributed by atoms with Gasteiger partial charge in [-0.3, -0.25) is 4.79 Å². The number of fused-ring (bicyclic) bond motifs is 1. The molecule has 0 aromatic heterocycles. The highest BCUT2D eigenvalue weighted by molar-refractivity contribution is 7.89. The molecule has 0 aliphatic carbocycles. The molecule has 2 aromatic carbocycles. The van der Waals surface area contributed by atoms with Crippen molar-refractivity contribution in [2.75, 3.05) is 19.9 Å². The summed E-state index contributed by atoms with van der Waals surface area (Å²) in [7, 11) is -3.55. The van der Waals surface area contributed by atoms with Gasteiger partial charge < -0.3 is 14.8 Å². The zero-order valence-corrected chi connectivity index (χ0v) is 18.9. The summed E-state index contributed by atoms with van der Waals surface area (Å²) in [6, 6.07) is 12.3. The highest BCUT2D eigenvalue weighted by atomic mass is 32.2. The summed E-state index contributed by atoms with van der Waals surface area (Å²) in [5.74, 6) is 1.15. The van der Waals surface area contributed by atoms with Crippen molar-refractivity contribution in [3.05, 3.63) is 59.7 Å². The van der Waals surface area contributed by atoms with Crippen LogP contribution in [0.25, 0.3) is 6.08 Å². The number of sulfonamides is 1. The number of piperidine rings is 1. The molecule has 32 heavy (non-hydrogen) atoms. The van der Waals surface area contributed by atoms with E-state index in [0.717, 1.165) is 30.4 Å². The first-order chi connectivity index (χ1) is 15.4. The van der Waals surface area contributed by atoms with Crippen LogP contribution in [0.4, 0.5) is 0 Å². The number of rotatable bonds is 7. The van der Waals surface area contributed by atoms with Gasteiger partial charge in [0.2, 0.25) is 22.7 Å². The van der Waals surface area contributed by atoms with Crippen LogP contribution in [0.3, 0.4) is 0 Å². The van der Waals surface area contributed by atoms with E-state index >= 15 is 0 Å². The van der Waals surface area contributed by atoms with E-state index in [1.807, 2.05) is 37.3 Å². The van der Waals surface area contributed by atoms with Crippen molar-refractivity contribution in [3.63, 3.8) is 0 Å². The lowest BCUT2D eigenvalue weighted by Gasteiger charge is -2.34. The van der Waals surface area contributed by atoms with Crippen LogP contribution in [-0.4, -0.2) is 44.6 Å². The number of carbonyl (C=O) groups is 1. The number of nitrogens with one attached hydrogen (secondary N) is 1. The van der Waals surface area contributed by atoms with E-state index < -0.39 is 10.0 Å². The zero-order valence-electron chi connectivity index (χ0n) is 18.1. The Morgan fingerprint density at radius 2 is 1.91 bits per heavy atom. The largest absolute Gasteiger partial charge is 0.454 e. The lowest BCUT2D eigenvalue weighted by Crippen LogP contribution is -2.45. The van der Waals surface area contributed by atoms with Crippen molar-refractivity contribution in [1.82, 2.24) is 9.62 Å². The van der Waals surface area contributed by atoms with Gasteiger partial charge in [0.1, 0.15) is 0 Å². The number of carbonyl (C=O) groups excluding carboxylic acids is 1. The van der Waals surface area contributed by atoms with Gasteiger partial charge in [-0.25, -0.2) is 8.42 Å². The van der Waals surface area contributed by atoms with Crippen molar-refractivity contribution in [2.45, 2.75) is 43.5 Å². The topological polar surface area (TPSA) is 84.9 Å². The number of hydrogen-bond acceptors (Lipinski definition) is 5. The van der Waals surface area contributed by atoms with E-state index in [4.69, 9.17) is 9.47 Å². The molecule has 1 N–H and O–H groups in total. The van der Waals surface area contributed by atoms with E-state index in [1.54, 1.807) is 22.5 Å². The average molecular weight is 457 g/mol. The minimum absolute atomic E-state index is 0.117. The van der Waals surface area contributed by atoms with Gasteiger partial charge in [0, 0.05) is 25.2 Å². The predicted molar refractivity (Wildman–Crippen MR) is 122 cm³/mol. The Bertz CT molecular complexity index is 1100. The molecule has 1 saturated heterocycles. The average Bonchev–Trinajstić information content (AvgIpc) is 3.26. The molecule has 0 radical (unpaired) electrons. The van der Waals surface area contributed by atoms with Crippen molar-refractivity contribution in [1.29, 1.82) is 0 Å². The number of benzene rings is 2. The molecular formula is C24H28N2O5S. The first-order valence-corrected chi connectivity index (χ1v) is 12.3. The molecule has 0 bridgehead atoms. The van der Waals surface area contributed by atoms with Crippen LogP contribution in [-0.2, 0) is 14.8 Å². The molecule has 1 amide bonds. The van der Waals surface area contributed by atoms with Crippen LogP contribution >= 0.6 is 0 Å². The standard InChI is InChI=1S/C24H28N2O5S/c1-18-5-9-21(10-6-18)32(28,29)26-15-3-2-4-20(26)13-14-25-24(27)12-8-19-7-11-22-23(16-19)31-17-30-22/h5-12,16,20H,2-4,13-15,17H2,1H3,(H,25,27)/b12-8+. The molecule has 2 aliphatic heterocycles. The zero-order chi connectivity index (χ0) is 22.6. The van der Waals surface area contributed by atoms with E-state index in [1.165, 1.54) is 6.08 Å². The molecule has 0 spiro atoms. The van der Waals surface area contributed by atoms with Crippen molar-refractivity contribution < 1.29 is 22.7 Å². The van der Waals surface area contributed by atoms with Crippen LogP contribution in [0.1, 0.15) is 36.8 Å². The Balaban J connectivity index is 1.32. The smallest absolute Gasteiger partial charge is 0.243 e. The van der Waals surface area contributed by atoms with Gasteiger partial charge in [-0.05, 0) is 62.1 Å². The lowest BCUT2D eigenvalue weighted by atomic mass is 10.0. The fourth-order valence-electron chi connectivity index (χ4n) is 4.03. The quantitative estimate of drug-likeness (QED) is 0.645. The molecule has 0 saturated carbocycles. The predicted octanol–water partition coefficient (Wildman–Crippen LogP) is 3.49. The molecule has 7 nitrogen and oxygen atoms in total. The fraction of sp³-hybridized carbons (Fsp3) is 0.375. The number of amides is 1. The highest BCUT2D eigenvalue weighted by Gasteiger charge is 2.33. The number of nitrogens with zero attached hydrogens (tertiary/aromatic N) is 1. The summed E-state index contributed by atoms with van der Waals surface area (Å²) in [6.07, 6.45) is 6.41. The van der Waals surface area contributed by atoms with E-state index in [0.29, 0.717) is 35.9 Å². The van der Waals surface area contributed by atoms with E-state index in [9.17, 15) is 13.2 Å². The lowest BCUT2D eigenvalue weighted by molar-refractivity contribution is -0.116. The fourth-order valence-corrected chi connectivity index (χ4v) is 5.76. The summed E-state index contributed by atoms with van der Waals surface area (Å²) < 4.78 is 38.5. The summed E-state index contributed by atoms with van der Waals surface area (Å²) in [6.45, 7) is 3.07. The van der Waals surface area contributed by atoms with Gasteiger partial charge in [0.05, 0.1) is 4.90 Å². The number of hydrogen-bond donors (Lipinski definition) is 1. The maximum Gasteiger partial charge on any atom is 0.243 e. The molecule has 1 atom stereocenters. The molecular weight excluding hydrogens is 428 g/mol. The Kier molecular flexibility index (Phi) is 6.81. The monoisotopic (exact) mass is 456 g/mol. The third-order valence-electron chi connectivity index (χ3n) is 5.80. The maximum atomic E-state index is 13.2. The van der Waals surface area contributed by atoms with Crippen LogP contribution < -0.4 is 14.8 Å². The summed E-state index contributed by atoms with van der Waals surface area (Å²) >= 11 is 0. The second kappa shape index (κ2) is 9.75. The second-order valence-corrected chi connectivity index (χ2v) is 9.99. The molecule has 8 heteroatoms. The summed E-state index contributed by atoms with van der Waals surface area (Å²) in [5.41, 5.74) is 1.86. The van der Waals surface area contributed by atoms with Gasteiger partial charge in [-0.1, -0.05) is 30.2 Å². The first-order valence-electron chi connectivity index (χ1n) is 10.9. The molecule has 1 unspecified atom stereocenters. The summed E-state index contributed by atoms with van der Waals surface area (Å²) in [4.78, 5) is 12.6. The van der Waals surface area contributed by atoms with Gasteiger partial charge in [0.25, 0.3) is 0 Å². The molecule has 2 heterocycles. The van der Waals surface area contributed by atoms with Gasteiger partial charge in [-0.15, -0.1) is 0 Å². The maximum absolute atomic E-state index is 13.2. The Morgan fingerprint density at radius 3 is 2.72 bits per heavy atom. The molecule has 170 valence electrons. The molecule has 1 fully saturated rings. The minimum Gasteiger partial charge on any atom is -0.454 e. The van der Waals surface area contributed by atoms with Gasteiger partial charge in [0.15, 0.2) is 11.5 Å². The van der Waals surface area contributed by atoms with E-state index in [2.05, 4.69) is 5.32 Å². The van der Waals surface area contributed by atoms with Crippen molar-refractivity contribution in [2.24, 2.45) is 0 Å². The number of ether oxygens (including phenoxy) is 2. The summed E-state index contributed by atoms with van der Waals surface area (Å²) in [5, 5.41) is 2.87. The van der Waals surface area contributed by atoms with Crippen LogP contribution in [0.15, 0.2) is 53.4 Å². The molecule has 4 rings (SSSR count). The SMILES string of the molecule is Cc1ccc(S(=O)(=O)N2CCCCC2CCNC(=O)/C=C/c2ccc3c(c2)OCO3)cc1. The highest BCUT2D eigenvalue weighted by Crippen LogP contribution is 2.32. The molecule has 2 aliphatic rings. The van der Waals surface area contributed by atoms with Crippen molar-refractivity contribution >= 4 is 22.0 Å². The Hall–Kier alpha value is -2.84.